The van der Waals surface area contributed by atoms with Crippen molar-refractivity contribution in [1.82, 2.24) is 4.98 Å². The van der Waals surface area contributed by atoms with Gasteiger partial charge in [-0.25, -0.2) is 4.98 Å². The van der Waals surface area contributed by atoms with Gasteiger partial charge in [0.05, 0.1) is 24.3 Å². The highest BCUT2D eigenvalue weighted by atomic mass is 35.5. The van der Waals surface area contributed by atoms with Gasteiger partial charge in [0, 0.05) is 20.2 Å². The number of amides is 1. The predicted octanol–water partition coefficient (Wildman–Crippen LogP) is 5.76. The summed E-state index contributed by atoms with van der Waals surface area (Å²) < 4.78 is 5.27. The van der Waals surface area contributed by atoms with Gasteiger partial charge in [0.15, 0.2) is 5.13 Å². The fraction of sp³-hybridized carbons (Fsp3) is 0.304. The molecule has 0 aliphatic rings. The highest BCUT2D eigenvalue weighted by molar-refractivity contribution is 7.16. The maximum Gasteiger partial charge on any atom is 0.261 e. The molecular formula is C23H24ClN3O4S. The first kappa shape index (κ1) is 23.7. The van der Waals surface area contributed by atoms with Crippen LogP contribution in [0.2, 0.25) is 5.02 Å². The zero-order valence-electron chi connectivity index (χ0n) is 18.2. The van der Waals surface area contributed by atoms with E-state index in [-0.39, 0.29) is 22.8 Å². The fourth-order valence-corrected chi connectivity index (χ4v) is 4.76. The van der Waals surface area contributed by atoms with Crippen molar-refractivity contribution in [2.75, 3.05) is 19.0 Å². The quantitative estimate of drug-likeness (QED) is 0.347. The predicted molar refractivity (Wildman–Crippen MR) is 127 cm³/mol. The van der Waals surface area contributed by atoms with Gasteiger partial charge in [0.25, 0.3) is 5.91 Å². The molecule has 1 heterocycles. The minimum absolute atomic E-state index is 0.299. The highest BCUT2D eigenvalue weighted by Crippen LogP contribution is 2.40. The molecular weight excluding hydrogens is 450 g/mol. The van der Waals surface area contributed by atoms with E-state index in [1.165, 1.54) is 18.4 Å². The molecule has 2 aromatic carbocycles. The second-order valence-corrected chi connectivity index (χ2v) is 9.72. The molecule has 1 aromatic heterocycles. The molecule has 0 spiro atoms. The van der Waals surface area contributed by atoms with Gasteiger partial charge < -0.3 is 4.74 Å². The van der Waals surface area contributed by atoms with E-state index in [9.17, 15) is 14.9 Å². The molecule has 0 saturated heterocycles. The van der Waals surface area contributed by atoms with Crippen LogP contribution in [0.25, 0.3) is 0 Å². The van der Waals surface area contributed by atoms with Gasteiger partial charge in [-0.15, -0.1) is 11.3 Å². The molecule has 0 aliphatic heterocycles. The molecule has 9 heteroatoms. The Bertz CT molecular complexity index is 1120. The second kappa shape index (κ2) is 9.67. The number of methoxy groups -OCH3 is 1. The molecule has 1 N–H and O–H groups in total. The topological polar surface area (TPSA) is 94.4 Å². The summed E-state index contributed by atoms with van der Waals surface area (Å²) in [5.74, 6) is -0.434. The summed E-state index contributed by atoms with van der Waals surface area (Å²) in [4.78, 5) is 29.5. The largest absolute Gasteiger partial charge is 0.496 e. The van der Waals surface area contributed by atoms with E-state index in [0.717, 1.165) is 10.4 Å². The van der Waals surface area contributed by atoms with Gasteiger partial charge in [0.2, 0.25) is 6.54 Å². The Labute approximate surface area is 195 Å². The normalized spacial score (nSPS) is 12.3. The van der Waals surface area contributed by atoms with Crippen LogP contribution >= 0.6 is 22.9 Å². The number of nitrogens with one attached hydrogen (secondary N) is 1. The van der Waals surface area contributed by atoms with Crippen LogP contribution in [0, 0.1) is 10.1 Å². The first-order valence-electron chi connectivity index (χ1n) is 9.93. The molecule has 0 aliphatic carbocycles. The number of thiazole rings is 1. The van der Waals surface area contributed by atoms with Crippen LogP contribution in [0.15, 0.2) is 48.5 Å². The number of carbonyl (C=O) groups excluding carboxylic acids is 1. The third-order valence-electron chi connectivity index (χ3n) is 4.86. The number of aromatic nitrogens is 1. The number of ether oxygens (including phenoxy) is 1. The molecule has 32 heavy (non-hydrogen) atoms. The molecule has 0 radical (unpaired) electrons. The minimum atomic E-state index is -0.522. The summed E-state index contributed by atoms with van der Waals surface area (Å²) in [5.41, 5.74) is 1.46. The monoisotopic (exact) mass is 473 g/mol. The van der Waals surface area contributed by atoms with Crippen LogP contribution in [0.3, 0.4) is 0 Å². The Morgan fingerprint density at radius 2 is 1.88 bits per heavy atom. The molecule has 7 nitrogen and oxygen atoms in total. The molecule has 0 bridgehead atoms. The van der Waals surface area contributed by atoms with Crippen molar-refractivity contribution in [3.63, 3.8) is 0 Å². The first-order chi connectivity index (χ1) is 15.1. The summed E-state index contributed by atoms with van der Waals surface area (Å²) in [6.45, 7) is 5.67. The van der Waals surface area contributed by atoms with Crippen LogP contribution in [0.4, 0.5) is 5.13 Å². The summed E-state index contributed by atoms with van der Waals surface area (Å²) in [5, 5.41) is 15.3. The van der Waals surface area contributed by atoms with E-state index >= 15 is 0 Å². The van der Waals surface area contributed by atoms with Crippen molar-refractivity contribution in [2.24, 2.45) is 0 Å². The number of nitro groups is 1. The zero-order chi connectivity index (χ0) is 23.5. The van der Waals surface area contributed by atoms with E-state index in [4.69, 9.17) is 16.3 Å². The zero-order valence-corrected chi connectivity index (χ0v) is 19.8. The molecule has 3 rings (SSSR count). The maximum atomic E-state index is 12.9. The summed E-state index contributed by atoms with van der Waals surface area (Å²) >= 11 is 7.27. The van der Waals surface area contributed by atoms with Gasteiger partial charge in [-0.05, 0) is 29.8 Å². The first-order valence-corrected chi connectivity index (χ1v) is 11.1. The van der Waals surface area contributed by atoms with Crippen molar-refractivity contribution in [1.29, 1.82) is 0 Å². The highest BCUT2D eigenvalue weighted by Gasteiger charge is 2.32. The van der Waals surface area contributed by atoms with E-state index < -0.39 is 5.92 Å². The van der Waals surface area contributed by atoms with Crippen molar-refractivity contribution >= 4 is 34.0 Å². The van der Waals surface area contributed by atoms with Gasteiger partial charge in [-0.2, -0.15) is 0 Å². The standard InChI is InChI=1S/C23H24ClN3O4S/c1-23(2,3)20-19(17(13-27(29)30)14-9-11-15(24)12-10-14)32-22(25-20)26-21(28)16-7-5-6-8-18(16)31-4/h5-12,17H,13H2,1-4H3,(H,25,26,28). The van der Waals surface area contributed by atoms with E-state index in [1.54, 1.807) is 48.5 Å². The number of halogens is 1. The van der Waals surface area contributed by atoms with Crippen molar-refractivity contribution < 1.29 is 14.5 Å². The average molecular weight is 474 g/mol. The van der Waals surface area contributed by atoms with Gasteiger partial charge in [-0.1, -0.05) is 56.6 Å². The number of anilines is 1. The van der Waals surface area contributed by atoms with E-state index in [2.05, 4.69) is 10.3 Å². The number of para-hydroxylation sites is 1. The lowest BCUT2D eigenvalue weighted by Gasteiger charge is -2.21. The van der Waals surface area contributed by atoms with E-state index in [0.29, 0.717) is 27.2 Å². The molecule has 1 unspecified atom stereocenters. The third kappa shape index (κ3) is 5.44. The van der Waals surface area contributed by atoms with Gasteiger partial charge in [0.1, 0.15) is 5.75 Å². The van der Waals surface area contributed by atoms with Crippen LogP contribution in [-0.2, 0) is 5.41 Å². The van der Waals surface area contributed by atoms with Crippen LogP contribution in [-0.4, -0.2) is 29.5 Å². The fourth-order valence-electron chi connectivity index (χ4n) is 3.34. The molecule has 3 aromatic rings. The summed E-state index contributed by atoms with van der Waals surface area (Å²) in [7, 11) is 1.50. The van der Waals surface area contributed by atoms with Crippen molar-refractivity contribution in [3.8, 4) is 5.75 Å². The maximum absolute atomic E-state index is 12.9. The minimum Gasteiger partial charge on any atom is -0.496 e. The third-order valence-corrected chi connectivity index (χ3v) is 6.19. The second-order valence-electron chi connectivity index (χ2n) is 8.26. The van der Waals surface area contributed by atoms with E-state index in [1.807, 2.05) is 20.8 Å². The SMILES string of the molecule is COc1ccccc1C(=O)Nc1nc(C(C)(C)C)c(C(C[N+](=O)[O-])c2ccc(Cl)cc2)s1. The Morgan fingerprint density at radius 1 is 1.22 bits per heavy atom. The van der Waals surface area contributed by atoms with Crippen LogP contribution in [0.5, 0.6) is 5.75 Å². The Kier molecular flexibility index (Phi) is 7.16. The molecule has 0 fully saturated rings. The Morgan fingerprint density at radius 3 is 2.47 bits per heavy atom. The van der Waals surface area contributed by atoms with Crippen LogP contribution < -0.4 is 10.1 Å². The summed E-state index contributed by atoms with van der Waals surface area (Å²) in [6, 6.07) is 13.9. The lowest BCUT2D eigenvalue weighted by atomic mass is 9.86. The number of benzene rings is 2. The number of rotatable bonds is 7. The van der Waals surface area contributed by atoms with Gasteiger partial charge in [-0.3, -0.25) is 20.2 Å². The van der Waals surface area contributed by atoms with Crippen LogP contribution in [0.1, 0.15) is 53.2 Å². The molecule has 1 atom stereocenters. The molecule has 0 saturated carbocycles. The summed E-state index contributed by atoms with van der Waals surface area (Å²) in [6.07, 6.45) is 0. The number of hydrogen-bond acceptors (Lipinski definition) is 6. The lowest BCUT2D eigenvalue weighted by Crippen LogP contribution is -2.20. The lowest BCUT2D eigenvalue weighted by molar-refractivity contribution is -0.481. The number of carbonyl (C=O) groups is 1. The van der Waals surface area contributed by atoms with Crippen molar-refractivity contribution in [3.05, 3.63) is 85.4 Å². The molecule has 1 amide bonds. The average Bonchev–Trinajstić information content (AvgIpc) is 3.16. The van der Waals surface area contributed by atoms with Crippen molar-refractivity contribution in [2.45, 2.75) is 32.1 Å². The number of nitrogens with zero attached hydrogens (tertiary/aromatic N) is 2. The van der Waals surface area contributed by atoms with Gasteiger partial charge >= 0.3 is 0 Å². The smallest absolute Gasteiger partial charge is 0.261 e. The molecule has 168 valence electrons. The number of hydrogen-bond donors (Lipinski definition) is 1. The Hall–Kier alpha value is -2.97. The Balaban J connectivity index is 2.04.